The Bertz CT molecular complexity index is 1160. The van der Waals surface area contributed by atoms with Crippen LogP contribution in [0.25, 0.3) is 11.1 Å². The quantitative estimate of drug-likeness (QED) is 0.648. The van der Waals surface area contributed by atoms with Crippen LogP contribution in [0.3, 0.4) is 0 Å². The van der Waals surface area contributed by atoms with E-state index in [1.165, 1.54) is 24.4 Å². The van der Waals surface area contributed by atoms with Crippen LogP contribution >= 0.6 is 23.7 Å². The fraction of sp³-hybridized carbons (Fsp3) is 0.118. The molecule has 0 amide bonds. The van der Waals surface area contributed by atoms with E-state index >= 15 is 0 Å². The molecule has 0 aliphatic carbocycles. The molecule has 0 spiro atoms. The molecule has 0 saturated heterocycles. The second-order valence-corrected chi connectivity index (χ2v) is 10.9. The van der Waals surface area contributed by atoms with Crippen molar-refractivity contribution in [1.82, 2.24) is 4.98 Å². The Kier molecular flexibility index (Phi) is 6.43. The third kappa shape index (κ3) is 4.56. The Hall–Kier alpha value is -1.78. The molecule has 0 atom stereocenters. The Morgan fingerprint density at radius 1 is 0.963 bits per heavy atom. The number of benzene rings is 2. The fourth-order valence-electron chi connectivity index (χ4n) is 2.37. The van der Waals surface area contributed by atoms with Crippen LogP contribution in [-0.4, -0.2) is 28.1 Å². The second-order valence-electron chi connectivity index (χ2n) is 5.61. The van der Waals surface area contributed by atoms with Crippen LogP contribution in [-0.2, 0) is 26.2 Å². The molecule has 0 bridgehead atoms. The first kappa shape index (κ1) is 21.5. The fourth-order valence-corrected chi connectivity index (χ4v) is 5.65. The Balaban J connectivity index is 0.00000261. The standard InChI is InChI=1S/C17H16N2O4S3.ClH/c1-25(20,21)14-7-13(12-5-3-2-4-6-12)8-15(9-14)26(22,23)17-11-19-16(10-18)24-17;/h2-9,11H,10,18H2,1H3;1H. The van der Waals surface area contributed by atoms with Crippen LogP contribution in [0.15, 0.2) is 68.7 Å². The summed E-state index contributed by atoms with van der Waals surface area (Å²) in [6.45, 7) is 0.138. The largest absolute Gasteiger partial charge is 0.325 e. The highest BCUT2D eigenvalue weighted by atomic mass is 35.5. The zero-order chi connectivity index (χ0) is 18.9. The van der Waals surface area contributed by atoms with Crippen molar-refractivity contribution in [3.63, 3.8) is 0 Å². The van der Waals surface area contributed by atoms with Crippen molar-refractivity contribution < 1.29 is 16.8 Å². The number of hydrogen-bond donors (Lipinski definition) is 1. The van der Waals surface area contributed by atoms with E-state index in [2.05, 4.69) is 4.98 Å². The minimum atomic E-state index is -3.91. The summed E-state index contributed by atoms with van der Waals surface area (Å²) in [4.78, 5) is 3.83. The molecule has 0 radical (unpaired) electrons. The van der Waals surface area contributed by atoms with E-state index in [9.17, 15) is 16.8 Å². The maximum absolute atomic E-state index is 13.0. The van der Waals surface area contributed by atoms with Gasteiger partial charge in [0.2, 0.25) is 9.84 Å². The normalized spacial score (nSPS) is 11.8. The summed E-state index contributed by atoms with van der Waals surface area (Å²) in [5.74, 6) is 0. The number of hydrogen-bond acceptors (Lipinski definition) is 7. The first-order valence-corrected chi connectivity index (χ1v) is 11.7. The average molecular weight is 445 g/mol. The van der Waals surface area contributed by atoms with Gasteiger partial charge in [0.05, 0.1) is 16.0 Å². The number of thiazole rings is 1. The molecular formula is C17H17ClN2O4S3. The van der Waals surface area contributed by atoms with Gasteiger partial charge in [-0.1, -0.05) is 30.3 Å². The molecule has 0 fully saturated rings. The van der Waals surface area contributed by atoms with Gasteiger partial charge in [-0.25, -0.2) is 21.8 Å². The van der Waals surface area contributed by atoms with Crippen LogP contribution in [0.2, 0.25) is 0 Å². The molecule has 3 rings (SSSR count). The van der Waals surface area contributed by atoms with Crippen molar-refractivity contribution in [3.05, 3.63) is 59.7 Å². The number of halogens is 1. The van der Waals surface area contributed by atoms with Crippen molar-refractivity contribution in [2.45, 2.75) is 20.5 Å². The van der Waals surface area contributed by atoms with Crippen LogP contribution in [0.1, 0.15) is 5.01 Å². The number of nitrogens with two attached hydrogens (primary N) is 1. The van der Waals surface area contributed by atoms with Crippen molar-refractivity contribution in [3.8, 4) is 11.1 Å². The third-order valence-electron chi connectivity index (χ3n) is 3.70. The summed E-state index contributed by atoms with van der Waals surface area (Å²) in [5, 5.41) is 0.492. The molecule has 2 N–H and O–H groups in total. The molecule has 0 saturated carbocycles. The highest BCUT2D eigenvalue weighted by Gasteiger charge is 2.24. The van der Waals surface area contributed by atoms with Gasteiger partial charge < -0.3 is 5.73 Å². The molecular weight excluding hydrogens is 428 g/mol. The molecule has 144 valence electrons. The molecule has 2 aromatic carbocycles. The van der Waals surface area contributed by atoms with Crippen LogP contribution < -0.4 is 5.73 Å². The molecule has 1 aromatic heterocycles. The van der Waals surface area contributed by atoms with E-state index in [0.717, 1.165) is 23.2 Å². The van der Waals surface area contributed by atoms with Gasteiger partial charge in [0.1, 0.15) is 9.22 Å². The van der Waals surface area contributed by atoms with Crippen molar-refractivity contribution in [2.24, 2.45) is 5.73 Å². The Morgan fingerprint density at radius 2 is 1.59 bits per heavy atom. The van der Waals surface area contributed by atoms with Gasteiger partial charge in [-0.3, -0.25) is 0 Å². The molecule has 1 heterocycles. The predicted octanol–water partition coefficient (Wildman–Crippen LogP) is 2.93. The van der Waals surface area contributed by atoms with E-state index in [1.54, 1.807) is 24.3 Å². The molecule has 6 nitrogen and oxygen atoms in total. The van der Waals surface area contributed by atoms with Gasteiger partial charge in [0, 0.05) is 12.8 Å². The second kappa shape index (κ2) is 8.07. The van der Waals surface area contributed by atoms with Crippen molar-refractivity contribution in [2.75, 3.05) is 6.26 Å². The van der Waals surface area contributed by atoms with Gasteiger partial charge in [-0.2, -0.15) is 0 Å². The lowest BCUT2D eigenvalue weighted by atomic mass is 10.1. The summed E-state index contributed by atoms with van der Waals surface area (Å²) in [6.07, 6.45) is 2.30. The molecule has 10 heteroatoms. The molecule has 0 unspecified atom stereocenters. The van der Waals surface area contributed by atoms with E-state index in [1.807, 2.05) is 6.07 Å². The van der Waals surface area contributed by atoms with Crippen LogP contribution in [0.5, 0.6) is 0 Å². The van der Waals surface area contributed by atoms with Gasteiger partial charge in [-0.15, -0.1) is 23.7 Å². The van der Waals surface area contributed by atoms with E-state index in [4.69, 9.17) is 5.73 Å². The van der Waals surface area contributed by atoms with Gasteiger partial charge in [-0.05, 0) is 29.3 Å². The number of nitrogens with zero attached hydrogens (tertiary/aromatic N) is 1. The molecule has 0 aliphatic heterocycles. The lowest BCUT2D eigenvalue weighted by Crippen LogP contribution is -2.04. The summed E-state index contributed by atoms with van der Waals surface area (Å²) in [5.41, 5.74) is 6.73. The summed E-state index contributed by atoms with van der Waals surface area (Å²) in [6, 6.07) is 13.1. The number of rotatable bonds is 5. The van der Waals surface area contributed by atoms with Gasteiger partial charge in [0.25, 0.3) is 0 Å². The molecule has 3 aromatic rings. The maximum Gasteiger partial charge on any atom is 0.217 e. The SMILES string of the molecule is CS(=O)(=O)c1cc(-c2ccccc2)cc(S(=O)(=O)c2cnc(CN)s2)c1.Cl. The third-order valence-corrected chi connectivity index (χ3v) is 8.00. The zero-order valence-corrected chi connectivity index (χ0v) is 17.5. The Morgan fingerprint density at radius 3 is 2.15 bits per heavy atom. The van der Waals surface area contributed by atoms with Gasteiger partial charge >= 0.3 is 0 Å². The minimum Gasteiger partial charge on any atom is -0.325 e. The topological polar surface area (TPSA) is 107 Å². The van der Waals surface area contributed by atoms with Crippen LogP contribution in [0.4, 0.5) is 0 Å². The van der Waals surface area contributed by atoms with E-state index in [-0.39, 0.29) is 33.0 Å². The maximum atomic E-state index is 13.0. The predicted molar refractivity (Wildman–Crippen MR) is 108 cm³/mol. The van der Waals surface area contributed by atoms with E-state index < -0.39 is 19.7 Å². The first-order valence-electron chi connectivity index (χ1n) is 7.52. The smallest absolute Gasteiger partial charge is 0.217 e. The molecule has 27 heavy (non-hydrogen) atoms. The number of sulfone groups is 2. The monoisotopic (exact) mass is 444 g/mol. The first-order chi connectivity index (χ1) is 12.2. The average Bonchev–Trinajstić information content (AvgIpc) is 3.11. The van der Waals surface area contributed by atoms with Crippen LogP contribution in [0, 0.1) is 0 Å². The van der Waals surface area contributed by atoms with E-state index in [0.29, 0.717) is 10.6 Å². The summed E-state index contributed by atoms with van der Waals surface area (Å²) < 4.78 is 50.1. The van der Waals surface area contributed by atoms with Crippen molar-refractivity contribution >= 4 is 43.4 Å². The zero-order valence-electron chi connectivity index (χ0n) is 14.2. The lowest BCUT2D eigenvalue weighted by Gasteiger charge is -2.09. The highest BCUT2D eigenvalue weighted by Crippen LogP contribution is 2.31. The summed E-state index contributed by atoms with van der Waals surface area (Å²) >= 11 is 0.976. The lowest BCUT2D eigenvalue weighted by molar-refractivity contribution is 0.597. The number of aromatic nitrogens is 1. The van der Waals surface area contributed by atoms with Gasteiger partial charge in [0.15, 0.2) is 9.84 Å². The Labute approximate surface area is 168 Å². The van der Waals surface area contributed by atoms with Crippen molar-refractivity contribution in [1.29, 1.82) is 0 Å². The minimum absolute atomic E-state index is 0. The highest BCUT2D eigenvalue weighted by molar-refractivity contribution is 7.93. The molecule has 0 aliphatic rings. The summed E-state index contributed by atoms with van der Waals surface area (Å²) in [7, 11) is -7.50.